The van der Waals surface area contributed by atoms with Crippen molar-refractivity contribution in [1.82, 2.24) is 0 Å². The minimum atomic E-state index is 0.354. The van der Waals surface area contributed by atoms with Crippen molar-refractivity contribution in [3.8, 4) is 5.75 Å². The van der Waals surface area contributed by atoms with E-state index in [0.29, 0.717) is 11.2 Å². The Morgan fingerprint density at radius 3 is 1.38 bits per heavy atom. The van der Waals surface area contributed by atoms with Gasteiger partial charge in [0.05, 0.1) is 0 Å². The second-order valence-electron chi connectivity index (χ2n) is 10.1. The van der Waals surface area contributed by atoms with E-state index in [1.54, 1.807) is 12.1 Å². The summed E-state index contributed by atoms with van der Waals surface area (Å²) in [5.74, 6) is 0.365. The van der Waals surface area contributed by atoms with E-state index in [1.807, 2.05) is 0 Å². The van der Waals surface area contributed by atoms with E-state index in [-0.39, 0.29) is 0 Å². The molecule has 0 bridgehead atoms. The Balaban J connectivity index is 1.86. The molecule has 0 aliphatic rings. The maximum Gasteiger partial charge on any atom is 0.115 e. The van der Waals surface area contributed by atoms with Crippen LogP contribution in [0, 0.1) is 5.41 Å². The van der Waals surface area contributed by atoms with Crippen molar-refractivity contribution < 1.29 is 5.11 Å². The third kappa shape index (κ3) is 15.5. The molecule has 0 amide bonds. The first-order valence-corrected chi connectivity index (χ1v) is 12.8. The third-order valence-electron chi connectivity index (χ3n) is 6.33. The van der Waals surface area contributed by atoms with Gasteiger partial charge in [0, 0.05) is 0 Å². The molecule has 29 heavy (non-hydrogen) atoms. The van der Waals surface area contributed by atoms with Crippen LogP contribution in [0.3, 0.4) is 0 Å². The Kier molecular flexibility index (Phi) is 15.1. The molecule has 1 aromatic carbocycles. The molecule has 1 N–H and O–H groups in total. The second-order valence-corrected chi connectivity index (χ2v) is 10.1. The number of unbranched alkanes of at least 4 members (excludes halogenated alkanes) is 15. The van der Waals surface area contributed by atoms with E-state index < -0.39 is 0 Å². The highest BCUT2D eigenvalue weighted by Crippen LogP contribution is 2.29. The summed E-state index contributed by atoms with van der Waals surface area (Å²) in [7, 11) is 0. The van der Waals surface area contributed by atoms with Gasteiger partial charge in [0.15, 0.2) is 0 Å². The molecule has 0 saturated heterocycles. The van der Waals surface area contributed by atoms with Gasteiger partial charge in [0.2, 0.25) is 0 Å². The number of hydrogen-bond acceptors (Lipinski definition) is 1. The zero-order chi connectivity index (χ0) is 21.2. The predicted molar refractivity (Wildman–Crippen MR) is 130 cm³/mol. The molecule has 1 aromatic rings. The van der Waals surface area contributed by atoms with E-state index in [9.17, 15) is 5.11 Å². The van der Waals surface area contributed by atoms with Crippen molar-refractivity contribution >= 4 is 0 Å². The molecule has 0 aromatic heterocycles. The van der Waals surface area contributed by atoms with Gasteiger partial charge in [-0.1, -0.05) is 136 Å². The summed E-state index contributed by atoms with van der Waals surface area (Å²) in [6, 6.07) is 7.73. The van der Waals surface area contributed by atoms with Crippen molar-refractivity contribution in [2.75, 3.05) is 0 Å². The Morgan fingerprint density at radius 2 is 0.966 bits per heavy atom. The first-order valence-electron chi connectivity index (χ1n) is 12.8. The summed E-state index contributed by atoms with van der Waals surface area (Å²) in [6.07, 6.45) is 25.3. The average Bonchev–Trinajstić information content (AvgIpc) is 2.69. The molecular formula is C28H50O. The number of hydrogen-bond donors (Lipinski definition) is 1. The van der Waals surface area contributed by atoms with Crippen molar-refractivity contribution in [3.63, 3.8) is 0 Å². The zero-order valence-corrected chi connectivity index (χ0v) is 20.0. The molecule has 168 valence electrons. The van der Waals surface area contributed by atoms with Gasteiger partial charge < -0.3 is 5.11 Å². The molecule has 1 heteroatoms. The minimum Gasteiger partial charge on any atom is -0.508 e. The molecule has 0 saturated carbocycles. The number of phenolic OH excluding ortho intramolecular Hbond substituents is 1. The van der Waals surface area contributed by atoms with Gasteiger partial charge in [-0.05, 0) is 36.0 Å². The Labute approximate surface area is 182 Å². The number of rotatable bonds is 19. The minimum absolute atomic E-state index is 0.354. The highest BCUT2D eigenvalue weighted by molar-refractivity contribution is 5.26. The smallest absolute Gasteiger partial charge is 0.115 e. The van der Waals surface area contributed by atoms with E-state index in [4.69, 9.17) is 0 Å². The molecule has 0 spiro atoms. The quantitative estimate of drug-likeness (QED) is 0.228. The zero-order valence-electron chi connectivity index (χ0n) is 20.0. The molecule has 0 aliphatic carbocycles. The normalized spacial score (nSPS) is 11.8. The lowest BCUT2D eigenvalue weighted by Gasteiger charge is -2.24. The van der Waals surface area contributed by atoms with E-state index in [1.165, 1.54) is 115 Å². The number of aromatic hydroxyl groups is 1. The van der Waals surface area contributed by atoms with Crippen LogP contribution in [0.4, 0.5) is 0 Å². The van der Waals surface area contributed by atoms with E-state index in [0.717, 1.165) is 6.42 Å². The van der Waals surface area contributed by atoms with Crippen molar-refractivity contribution in [1.29, 1.82) is 0 Å². The lowest BCUT2D eigenvalue weighted by molar-refractivity contribution is 0.316. The Hall–Kier alpha value is -0.980. The summed E-state index contributed by atoms with van der Waals surface area (Å²) in [6.45, 7) is 7.05. The molecule has 0 unspecified atom stereocenters. The molecule has 0 heterocycles. The van der Waals surface area contributed by atoms with Crippen LogP contribution in [-0.2, 0) is 6.42 Å². The second kappa shape index (κ2) is 16.8. The topological polar surface area (TPSA) is 20.2 Å². The lowest BCUT2D eigenvalue weighted by Crippen LogP contribution is -2.14. The fourth-order valence-electron chi connectivity index (χ4n) is 4.41. The third-order valence-corrected chi connectivity index (χ3v) is 6.33. The standard InChI is InChI=1S/C28H50O/c1-4-5-6-7-8-9-10-11-12-13-14-15-16-17-18-19-24-28(2,3)25-26-20-22-27(29)23-21-26/h20-23,29H,4-19,24-25H2,1-3H3. The first-order chi connectivity index (χ1) is 14.0. The highest BCUT2D eigenvalue weighted by atomic mass is 16.3. The van der Waals surface area contributed by atoms with Gasteiger partial charge in [0.1, 0.15) is 5.75 Å². The average molecular weight is 403 g/mol. The molecule has 0 fully saturated rings. The molecule has 0 atom stereocenters. The van der Waals surface area contributed by atoms with Crippen molar-refractivity contribution in [2.45, 2.75) is 136 Å². The van der Waals surface area contributed by atoms with Crippen LogP contribution in [0.15, 0.2) is 24.3 Å². The van der Waals surface area contributed by atoms with Crippen LogP contribution in [0.25, 0.3) is 0 Å². The molecule has 0 radical (unpaired) electrons. The Bertz CT molecular complexity index is 474. The van der Waals surface area contributed by atoms with Crippen LogP contribution in [0.1, 0.15) is 135 Å². The fraction of sp³-hybridized carbons (Fsp3) is 0.786. The van der Waals surface area contributed by atoms with Crippen LogP contribution in [-0.4, -0.2) is 5.11 Å². The molecule has 1 rings (SSSR count). The largest absolute Gasteiger partial charge is 0.508 e. The highest BCUT2D eigenvalue weighted by Gasteiger charge is 2.17. The van der Waals surface area contributed by atoms with Gasteiger partial charge in [-0.25, -0.2) is 0 Å². The monoisotopic (exact) mass is 402 g/mol. The molecule has 1 nitrogen and oxygen atoms in total. The van der Waals surface area contributed by atoms with Crippen molar-refractivity contribution in [3.05, 3.63) is 29.8 Å². The summed E-state index contributed by atoms with van der Waals surface area (Å²) in [4.78, 5) is 0. The summed E-state index contributed by atoms with van der Waals surface area (Å²) >= 11 is 0. The van der Waals surface area contributed by atoms with Crippen LogP contribution in [0.5, 0.6) is 5.75 Å². The fourth-order valence-corrected chi connectivity index (χ4v) is 4.41. The first kappa shape index (κ1) is 26.1. The van der Waals surface area contributed by atoms with E-state index >= 15 is 0 Å². The van der Waals surface area contributed by atoms with Gasteiger partial charge in [-0.3, -0.25) is 0 Å². The van der Waals surface area contributed by atoms with Crippen LogP contribution < -0.4 is 0 Å². The SMILES string of the molecule is CCCCCCCCCCCCCCCCCCC(C)(C)Cc1ccc(O)cc1. The number of phenols is 1. The molecular weight excluding hydrogens is 352 g/mol. The number of benzene rings is 1. The summed E-state index contributed by atoms with van der Waals surface area (Å²) < 4.78 is 0. The lowest BCUT2D eigenvalue weighted by atomic mass is 9.81. The Morgan fingerprint density at radius 1 is 0.586 bits per heavy atom. The predicted octanol–water partition coefficient (Wildman–Crippen LogP) is 9.61. The van der Waals surface area contributed by atoms with Crippen molar-refractivity contribution in [2.24, 2.45) is 5.41 Å². The maximum atomic E-state index is 9.41. The van der Waals surface area contributed by atoms with Gasteiger partial charge in [0.25, 0.3) is 0 Å². The van der Waals surface area contributed by atoms with Crippen LogP contribution in [0.2, 0.25) is 0 Å². The van der Waals surface area contributed by atoms with Gasteiger partial charge in [-0.15, -0.1) is 0 Å². The van der Waals surface area contributed by atoms with Crippen LogP contribution >= 0.6 is 0 Å². The molecule has 0 aliphatic heterocycles. The van der Waals surface area contributed by atoms with E-state index in [2.05, 4.69) is 32.9 Å². The van der Waals surface area contributed by atoms with Gasteiger partial charge >= 0.3 is 0 Å². The summed E-state index contributed by atoms with van der Waals surface area (Å²) in [5, 5.41) is 9.41. The maximum absolute atomic E-state index is 9.41. The summed E-state index contributed by atoms with van der Waals surface area (Å²) in [5.41, 5.74) is 1.69. The van der Waals surface area contributed by atoms with Gasteiger partial charge in [-0.2, -0.15) is 0 Å².